The summed E-state index contributed by atoms with van der Waals surface area (Å²) in [6.07, 6.45) is 3.06. The summed E-state index contributed by atoms with van der Waals surface area (Å²) in [6.45, 7) is 6.81. The largest absolute Gasteiger partial charge is 0.342 e. The molecule has 1 aromatic rings. The molecule has 20 heavy (non-hydrogen) atoms. The number of aromatic amines is 1. The number of hydrogen-bond donors (Lipinski definition) is 1. The van der Waals surface area contributed by atoms with Crippen molar-refractivity contribution in [1.29, 1.82) is 0 Å². The minimum absolute atomic E-state index is 0.303. The molecule has 110 valence electrons. The van der Waals surface area contributed by atoms with Crippen LogP contribution in [0.15, 0.2) is 0 Å². The van der Waals surface area contributed by atoms with E-state index < -0.39 is 0 Å². The highest BCUT2D eigenvalue weighted by Crippen LogP contribution is 2.40. The Morgan fingerprint density at radius 2 is 2.10 bits per heavy atom. The summed E-state index contributed by atoms with van der Waals surface area (Å²) in [6, 6.07) is 0. The maximum Gasteiger partial charge on any atom is 0.225 e. The number of piperidine rings is 1. The van der Waals surface area contributed by atoms with Crippen LogP contribution < -0.4 is 0 Å². The molecular formula is C14H22N4OS. The molecular weight excluding hydrogens is 272 g/mol. The molecule has 2 aliphatic rings. The Labute approximate surface area is 124 Å². The third kappa shape index (κ3) is 2.41. The Morgan fingerprint density at radius 3 is 2.65 bits per heavy atom. The van der Waals surface area contributed by atoms with E-state index >= 15 is 0 Å². The number of likely N-dealkylation sites (tertiary alicyclic amines) is 1. The fraction of sp³-hybridized carbons (Fsp3) is 0.786. The van der Waals surface area contributed by atoms with E-state index in [-0.39, 0.29) is 0 Å². The monoisotopic (exact) mass is 294 g/mol. The summed E-state index contributed by atoms with van der Waals surface area (Å²) < 4.78 is 2.77. The van der Waals surface area contributed by atoms with Crippen LogP contribution >= 0.6 is 12.2 Å². The van der Waals surface area contributed by atoms with Crippen molar-refractivity contribution in [3.8, 4) is 0 Å². The van der Waals surface area contributed by atoms with Gasteiger partial charge in [-0.15, -0.1) is 0 Å². The van der Waals surface area contributed by atoms with Crippen LogP contribution in [0.5, 0.6) is 0 Å². The Balaban J connectivity index is 1.63. The molecule has 0 aromatic carbocycles. The van der Waals surface area contributed by atoms with Gasteiger partial charge in [0.15, 0.2) is 4.77 Å². The Hall–Kier alpha value is -1.17. The predicted molar refractivity (Wildman–Crippen MR) is 78.9 cm³/mol. The number of carbonyl (C=O) groups excluding carboxylic acids is 1. The first kappa shape index (κ1) is 13.8. The van der Waals surface area contributed by atoms with Crippen molar-refractivity contribution < 1.29 is 4.79 Å². The fourth-order valence-corrected chi connectivity index (χ4v) is 3.47. The lowest BCUT2D eigenvalue weighted by atomic mass is 9.95. The van der Waals surface area contributed by atoms with E-state index in [9.17, 15) is 4.79 Å². The van der Waals surface area contributed by atoms with Gasteiger partial charge in [0.25, 0.3) is 0 Å². The molecule has 5 nitrogen and oxygen atoms in total. The van der Waals surface area contributed by atoms with E-state index in [4.69, 9.17) is 12.2 Å². The molecule has 0 spiro atoms. The number of nitrogens with zero attached hydrogens (tertiary/aromatic N) is 3. The molecule has 0 radical (unpaired) electrons. The molecule has 1 saturated carbocycles. The fourth-order valence-electron chi connectivity index (χ4n) is 3.21. The minimum atomic E-state index is 0.303. The first-order valence-electron chi connectivity index (χ1n) is 7.55. The number of hydrogen-bond acceptors (Lipinski definition) is 3. The highest BCUT2D eigenvalue weighted by atomic mass is 32.1. The first-order valence-corrected chi connectivity index (χ1v) is 7.96. The van der Waals surface area contributed by atoms with Gasteiger partial charge >= 0.3 is 0 Å². The molecule has 1 aromatic heterocycles. The predicted octanol–water partition coefficient (Wildman–Crippen LogP) is 2.32. The lowest BCUT2D eigenvalue weighted by Crippen LogP contribution is -2.39. The quantitative estimate of drug-likeness (QED) is 0.871. The normalized spacial score (nSPS) is 26.8. The molecule has 3 rings (SSSR count). The number of rotatable bonds is 3. The second kappa shape index (κ2) is 5.31. The lowest BCUT2D eigenvalue weighted by molar-refractivity contribution is -0.133. The summed E-state index contributed by atoms with van der Waals surface area (Å²) in [4.78, 5) is 14.3. The third-order valence-corrected chi connectivity index (χ3v) is 5.01. The number of carbonyl (C=O) groups is 1. The van der Waals surface area contributed by atoms with E-state index in [1.54, 1.807) is 0 Å². The topological polar surface area (TPSA) is 53.9 Å². The highest BCUT2D eigenvalue weighted by molar-refractivity contribution is 7.71. The Kier molecular flexibility index (Phi) is 3.67. The Morgan fingerprint density at radius 1 is 1.45 bits per heavy atom. The van der Waals surface area contributed by atoms with E-state index in [0.29, 0.717) is 28.4 Å². The van der Waals surface area contributed by atoms with Crippen LogP contribution in [0, 0.1) is 16.6 Å². The van der Waals surface area contributed by atoms with Crippen molar-refractivity contribution >= 4 is 18.1 Å². The number of H-pyrrole nitrogens is 1. The van der Waals surface area contributed by atoms with Gasteiger partial charge in [0.05, 0.1) is 0 Å². The molecule has 1 aliphatic heterocycles. The van der Waals surface area contributed by atoms with Crippen LogP contribution in [-0.2, 0) is 11.3 Å². The van der Waals surface area contributed by atoms with E-state index in [2.05, 4.69) is 28.6 Å². The van der Waals surface area contributed by atoms with Gasteiger partial charge < -0.3 is 9.47 Å². The standard InChI is InChI=1S/C14H22N4OS/c1-3-18-12(15-16-14(18)20)10-4-6-17(7-5-10)13(19)11-8-9(11)2/h9-11H,3-8H2,1-2H3,(H,16,20)/t9-,11-/m0/s1. The molecule has 2 fully saturated rings. The minimum Gasteiger partial charge on any atom is -0.342 e. The summed E-state index contributed by atoms with van der Waals surface area (Å²) in [5.74, 6) is 2.74. The van der Waals surface area contributed by atoms with Crippen molar-refractivity contribution in [2.75, 3.05) is 13.1 Å². The van der Waals surface area contributed by atoms with Crippen LogP contribution in [0.25, 0.3) is 0 Å². The average molecular weight is 294 g/mol. The molecule has 1 N–H and O–H groups in total. The second-order valence-electron chi connectivity index (χ2n) is 6.05. The number of amides is 1. The summed E-state index contributed by atoms with van der Waals surface area (Å²) >= 11 is 5.24. The SMILES string of the molecule is CCn1c(C2CCN(C(=O)[C@H]3C[C@@H]3C)CC2)n[nH]c1=S. The Bertz CT molecular complexity index is 556. The third-order valence-electron chi connectivity index (χ3n) is 4.70. The highest BCUT2D eigenvalue weighted by Gasteiger charge is 2.42. The zero-order valence-corrected chi connectivity index (χ0v) is 12.9. The average Bonchev–Trinajstić information content (AvgIpc) is 3.07. The van der Waals surface area contributed by atoms with Crippen LogP contribution in [-0.4, -0.2) is 38.7 Å². The zero-order chi connectivity index (χ0) is 14.3. The molecule has 1 amide bonds. The van der Waals surface area contributed by atoms with Gasteiger partial charge in [-0.05, 0) is 44.3 Å². The van der Waals surface area contributed by atoms with Crippen LogP contribution in [0.3, 0.4) is 0 Å². The van der Waals surface area contributed by atoms with E-state index in [1.165, 1.54) is 0 Å². The van der Waals surface area contributed by atoms with Gasteiger partial charge in [-0.25, -0.2) is 0 Å². The maximum absolute atomic E-state index is 12.2. The van der Waals surface area contributed by atoms with Gasteiger partial charge in [-0.1, -0.05) is 6.92 Å². The van der Waals surface area contributed by atoms with Gasteiger partial charge in [-0.2, -0.15) is 5.10 Å². The van der Waals surface area contributed by atoms with Gasteiger partial charge in [0.1, 0.15) is 5.82 Å². The molecule has 1 aliphatic carbocycles. The summed E-state index contributed by atoms with van der Waals surface area (Å²) in [5.41, 5.74) is 0. The second-order valence-corrected chi connectivity index (χ2v) is 6.44. The summed E-state index contributed by atoms with van der Waals surface area (Å²) in [7, 11) is 0. The molecule has 1 saturated heterocycles. The van der Waals surface area contributed by atoms with Crippen LogP contribution in [0.4, 0.5) is 0 Å². The molecule has 2 atom stereocenters. The van der Waals surface area contributed by atoms with Crippen molar-refractivity contribution in [1.82, 2.24) is 19.7 Å². The molecule has 6 heteroatoms. The molecule has 2 heterocycles. The van der Waals surface area contributed by atoms with Crippen LogP contribution in [0.1, 0.15) is 44.9 Å². The maximum atomic E-state index is 12.2. The summed E-state index contributed by atoms with van der Waals surface area (Å²) in [5, 5.41) is 7.27. The van der Waals surface area contributed by atoms with Gasteiger partial charge in [0.2, 0.25) is 5.91 Å². The zero-order valence-electron chi connectivity index (χ0n) is 12.1. The van der Waals surface area contributed by atoms with E-state index in [1.807, 2.05) is 4.90 Å². The van der Waals surface area contributed by atoms with Gasteiger partial charge in [-0.3, -0.25) is 9.89 Å². The van der Waals surface area contributed by atoms with Crippen molar-refractivity contribution in [2.24, 2.45) is 11.8 Å². The van der Waals surface area contributed by atoms with Crippen molar-refractivity contribution in [3.05, 3.63) is 10.6 Å². The molecule has 0 bridgehead atoms. The van der Waals surface area contributed by atoms with Gasteiger partial charge in [0, 0.05) is 31.5 Å². The number of aromatic nitrogens is 3. The van der Waals surface area contributed by atoms with Crippen LogP contribution in [0.2, 0.25) is 0 Å². The van der Waals surface area contributed by atoms with E-state index in [0.717, 1.165) is 44.7 Å². The first-order chi connectivity index (χ1) is 9.61. The smallest absolute Gasteiger partial charge is 0.225 e. The van der Waals surface area contributed by atoms with Crippen molar-refractivity contribution in [3.63, 3.8) is 0 Å². The number of nitrogens with one attached hydrogen (secondary N) is 1. The van der Waals surface area contributed by atoms with Crippen molar-refractivity contribution in [2.45, 2.75) is 45.6 Å². The lowest BCUT2D eigenvalue weighted by Gasteiger charge is -2.31. The molecule has 0 unspecified atom stereocenters.